The number of rotatable bonds is 8. The van der Waals surface area contributed by atoms with Gasteiger partial charge in [0.15, 0.2) is 30.3 Å². The molecule has 7 aliphatic rings. The van der Waals surface area contributed by atoms with Gasteiger partial charge in [-0.2, -0.15) is 0 Å². The Bertz CT molecular complexity index is 1760. The molecule has 354 valence electrons. The fourth-order valence-corrected chi connectivity index (χ4v) is 10.8. The third-order valence-electron chi connectivity index (χ3n) is 14.8. The second kappa shape index (κ2) is 19.8. The topological polar surface area (TPSA) is 187 Å². The Morgan fingerprint density at radius 3 is 2.32 bits per heavy atom. The van der Waals surface area contributed by atoms with Gasteiger partial charge in [0.1, 0.15) is 29.8 Å². The quantitative estimate of drug-likeness (QED) is 0.223. The molecule has 7 rings (SSSR count). The van der Waals surface area contributed by atoms with Gasteiger partial charge in [0, 0.05) is 58.2 Å². The van der Waals surface area contributed by atoms with Crippen LogP contribution in [0.4, 0.5) is 0 Å². The molecule has 3 N–H and O–H groups in total. The third-order valence-corrected chi connectivity index (χ3v) is 14.8. The molecule has 0 aromatic heterocycles. The lowest BCUT2D eigenvalue weighted by Crippen LogP contribution is -2.59. The number of carbonyl (C=O) groups is 2. The Balaban J connectivity index is 1.19. The van der Waals surface area contributed by atoms with Crippen LogP contribution >= 0.6 is 0 Å². The SMILES string of the molecule is CC[C@H](C)[C@H]1O[C@@]2(C[C@@H]3C[C@@H](C/C=C(/C)[C@@H](O[C@H]4C[C@H](OC)[C@@H](O[C@H]5C[C@H](OC)[C@@H](O)[C@H](C)O5)[C@H](C)O4)[C@@H](C)/C=C\C=C4CO[C@@H]5C(=O)C(C)=C[C@@H](C(=O)O3)[C@]45O)O2)C[C@H](O)[C@@H]1C. The summed E-state index contributed by atoms with van der Waals surface area (Å²) >= 11 is 0. The Morgan fingerprint density at radius 1 is 0.905 bits per heavy atom. The van der Waals surface area contributed by atoms with Crippen LogP contribution in [0.3, 0.4) is 0 Å². The van der Waals surface area contributed by atoms with Gasteiger partial charge >= 0.3 is 5.97 Å². The first-order valence-electron chi connectivity index (χ1n) is 23.1. The first-order chi connectivity index (χ1) is 29.9. The lowest BCUT2D eigenvalue weighted by molar-refractivity contribution is -0.354. The molecule has 6 aliphatic heterocycles. The molecule has 0 aromatic carbocycles. The molecule has 1 aliphatic carbocycles. The molecule has 5 fully saturated rings. The Labute approximate surface area is 372 Å². The molecule has 5 saturated heterocycles. The maximum atomic E-state index is 14.4. The summed E-state index contributed by atoms with van der Waals surface area (Å²) in [6.45, 7) is 15.5. The highest BCUT2D eigenvalue weighted by atomic mass is 16.7. The van der Waals surface area contributed by atoms with Crippen molar-refractivity contribution in [1.29, 1.82) is 0 Å². The highest BCUT2D eigenvalue weighted by molar-refractivity contribution is 6.03. The van der Waals surface area contributed by atoms with Crippen molar-refractivity contribution >= 4 is 11.8 Å². The molecule has 2 bridgehead atoms. The summed E-state index contributed by atoms with van der Waals surface area (Å²) in [4.78, 5) is 27.8. The van der Waals surface area contributed by atoms with E-state index in [9.17, 15) is 24.9 Å². The number of aliphatic hydroxyl groups is 3. The Kier molecular flexibility index (Phi) is 15.3. The smallest absolute Gasteiger partial charge is 0.316 e. The number of ketones is 1. The van der Waals surface area contributed by atoms with Crippen molar-refractivity contribution in [2.24, 2.45) is 23.7 Å². The minimum absolute atomic E-state index is 0.0499. The van der Waals surface area contributed by atoms with Crippen molar-refractivity contribution in [2.45, 2.75) is 198 Å². The summed E-state index contributed by atoms with van der Waals surface area (Å²) in [6, 6.07) is 0. The van der Waals surface area contributed by atoms with E-state index in [-0.39, 0.29) is 49.1 Å². The Hall–Kier alpha value is -2.38. The predicted molar refractivity (Wildman–Crippen MR) is 228 cm³/mol. The second-order valence-corrected chi connectivity index (χ2v) is 19.3. The monoisotopic (exact) mass is 888 g/mol. The standard InChI is InChI=1S/C48H72O15/c1-11-24(2)43-28(6)35(49)22-47(63-43)21-33-18-32(62-47)16-15-26(4)42(25(3)13-12-14-31-23-56-45-40(50)27(5)17-34(46(52)59-33)48(31,45)53)60-39-20-37(55-10)44(30(8)58-39)61-38-19-36(54-9)41(51)29(7)57-38/h12-15,17,24-25,28-30,32-39,41-45,49,51,53H,11,16,18-23H2,1-10H3/b13-12-,26-15-,31-14?/t24-,25-,28-,29-,30-,32+,33-,34-,35-,36-,37-,38-,39-,41-,42-,43+,44-,45+,47-,48+/m0/s1. The van der Waals surface area contributed by atoms with Crippen LogP contribution in [0.5, 0.6) is 0 Å². The van der Waals surface area contributed by atoms with Crippen LogP contribution in [0.25, 0.3) is 0 Å². The first kappa shape index (κ1) is 48.6. The molecule has 0 unspecified atom stereocenters. The molecule has 0 radical (unpaired) electrons. The second-order valence-electron chi connectivity index (χ2n) is 19.3. The van der Waals surface area contributed by atoms with Crippen molar-refractivity contribution in [1.82, 2.24) is 0 Å². The van der Waals surface area contributed by atoms with Crippen LogP contribution in [0.1, 0.15) is 100 Å². The van der Waals surface area contributed by atoms with E-state index in [2.05, 4.69) is 19.9 Å². The number of esters is 1. The number of hydrogen-bond acceptors (Lipinski definition) is 15. The number of aliphatic hydroxyl groups excluding tert-OH is 2. The first-order valence-corrected chi connectivity index (χ1v) is 23.1. The molecule has 0 aromatic rings. The summed E-state index contributed by atoms with van der Waals surface area (Å²) in [5.41, 5.74) is -0.343. The molecule has 63 heavy (non-hydrogen) atoms. The maximum absolute atomic E-state index is 14.4. The van der Waals surface area contributed by atoms with Crippen molar-refractivity contribution in [2.75, 3.05) is 20.8 Å². The van der Waals surface area contributed by atoms with E-state index in [0.29, 0.717) is 36.8 Å². The highest BCUT2D eigenvalue weighted by Crippen LogP contribution is 2.47. The van der Waals surface area contributed by atoms with Gasteiger partial charge in [0.2, 0.25) is 0 Å². The molecule has 15 heteroatoms. The molecule has 0 saturated carbocycles. The lowest BCUT2D eigenvalue weighted by Gasteiger charge is -2.52. The number of fused-ring (bicyclic) bond motifs is 2. The largest absolute Gasteiger partial charge is 0.462 e. The minimum atomic E-state index is -1.97. The van der Waals surface area contributed by atoms with E-state index in [1.807, 2.05) is 33.8 Å². The molecule has 0 amide bonds. The summed E-state index contributed by atoms with van der Waals surface area (Å²) in [5.74, 6) is -3.72. The highest BCUT2D eigenvalue weighted by Gasteiger charge is 2.60. The predicted octanol–water partition coefficient (Wildman–Crippen LogP) is 4.78. The van der Waals surface area contributed by atoms with Crippen molar-refractivity contribution in [3.05, 3.63) is 47.1 Å². The van der Waals surface area contributed by atoms with Crippen LogP contribution in [-0.4, -0.2) is 145 Å². The van der Waals surface area contributed by atoms with Gasteiger partial charge in [-0.05, 0) is 56.8 Å². The fraction of sp³-hybridized carbons (Fsp3) is 0.792. The average Bonchev–Trinajstić information content (AvgIpc) is 3.59. The van der Waals surface area contributed by atoms with Crippen molar-refractivity contribution in [3.63, 3.8) is 0 Å². The summed E-state index contributed by atoms with van der Waals surface area (Å²) in [6.07, 6.45) is 3.53. The molecule has 15 nitrogen and oxygen atoms in total. The van der Waals surface area contributed by atoms with E-state index in [4.69, 9.17) is 47.4 Å². The van der Waals surface area contributed by atoms with Gasteiger partial charge in [-0.3, -0.25) is 9.59 Å². The van der Waals surface area contributed by atoms with E-state index in [0.717, 1.165) is 12.0 Å². The van der Waals surface area contributed by atoms with Gasteiger partial charge < -0.3 is 62.7 Å². The van der Waals surface area contributed by atoms with Crippen molar-refractivity contribution in [3.8, 4) is 0 Å². The van der Waals surface area contributed by atoms with Crippen LogP contribution in [0, 0.1) is 23.7 Å². The van der Waals surface area contributed by atoms with E-state index in [1.165, 1.54) is 6.08 Å². The third kappa shape index (κ3) is 9.87. The lowest BCUT2D eigenvalue weighted by atomic mass is 9.71. The van der Waals surface area contributed by atoms with Gasteiger partial charge in [-0.15, -0.1) is 0 Å². The van der Waals surface area contributed by atoms with E-state index < -0.39 is 103 Å². The number of carbonyl (C=O) groups excluding carboxylic acids is 2. The zero-order valence-corrected chi connectivity index (χ0v) is 38.7. The zero-order chi connectivity index (χ0) is 45.5. The Morgan fingerprint density at radius 2 is 1.60 bits per heavy atom. The van der Waals surface area contributed by atoms with E-state index >= 15 is 0 Å². The molecule has 1 spiro atoms. The number of hydrogen-bond donors (Lipinski definition) is 3. The van der Waals surface area contributed by atoms with E-state index in [1.54, 1.807) is 40.2 Å². The number of methoxy groups -OCH3 is 2. The van der Waals surface area contributed by atoms with Gasteiger partial charge in [0.05, 0.1) is 55.4 Å². The fourth-order valence-electron chi connectivity index (χ4n) is 10.8. The van der Waals surface area contributed by atoms with Gasteiger partial charge in [-0.1, -0.05) is 64.5 Å². The zero-order valence-electron chi connectivity index (χ0n) is 38.7. The molecule has 20 atom stereocenters. The number of ether oxygens (including phenoxy) is 10. The maximum Gasteiger partial charge on any atom is 0.316 e. The van der Waals surface area contributed by atoms with Crippen LogP contribution < -0.4 is 0 Å². The summed E-state index contributed by atoms with van der Waals surface area (Å²) in [7, 11) is 3.19. The van der Waals surface area contributed by atoms with Gasteiger partial charge in [0.25, 0.3) is 0 Å². The normalized spacial score (nSPS) is 48.0. The van der Waals surface area contributed by atoms with Crippen LogP contribution in [-0.2, 0) is 57.0 Å². The molecular weight excluding hydrogens is 817 g/mol. The average molecular weight is 889 g/mol. The summed E-state index contributed by atoms with van der Waals surface area (Å²) in [5, 5.41) is 34.5. The number of Topliss-reactive ketones (excluding diaryl/α,β-unsaturated/α-hetero) is 1. The minimum Gasteiger partial charge on any atom is -0.462 e. The van der Waals surface area contributed by atoms with Gasteiger partial charge in [-0.25, -0.2) is 0 Å². The molecular formula is C48H72O15. The number of allylic oxidation sites excluding steroid dienone is 2. The van der Waals surface area contributed by atoms with Crippen LogP contribution in [0.2, 0.25) is 0 Å². The van der Waals surface area contributed by atoms with Crippen LogP contribution in [0.15, 0.2) is 47.1 Å². The van der Waals surface area contributed by atoms with Crippen molar-refractivity contribution < 1.29 is 72.3 Å². The summed E-state index contributed by atoms with van der Waals surface area (Å²) < 4.78 is 63.4. The molecule has 6 heterocycles.